The summed E-state index contributed by atoms with van der Waals surface area (Å²) in [4.78, 5) is 13.4. The quantitative estimate of drug-likeness (QED) is 0.324. The lowest BCUT2D eigenvalue weighted by Crippen LogP contribution is -2.46. The fourth-order valence-corrected chi connectivity index (χ4v) is 1.43. The van der Waals surface area contributed by atoms with Gasteiger partial charge in [0.1, 0.15) is 0 Å². The number of carbonyl (C=O) groups is 1. The maximum absolute atomic E-state index is 11.4. The van der Waals surface area contributed by atoms with Crippen LogP contribution in [0.5, 0.6) is 0 Å². The maximum Gasteiger partial charge on any atom is 0.240 e. The zero-order valence-corrected chi connectivity index (χ0v) is 10.1. The van der Waals surface area contributed by atoms with Crippen molar-refractivity contribution >= 4 is 5.91 Å². The number of rotatable bonds is 6. The zero-order valence-electron chi connectivity index (χ0n) is 10.1. The molecule has 0 bridgehead atoms. The predicted octanol–water partition coefficient (Wildman–Crippen LogP) is -0.295. The molecule has 0 spiro atoms. The van der Waals surface area contributed by atoms with Crippen molar-refractivity contribution < 1.29 is 9.90 Å². The maximum atomic E-state index is 11.4. The molecule has 4 N–H and O–H groups in total. The minimum Gasteiger partial charge on any atom is -0.393 e. The molecular formula is C10H23N3O2. The van der Waals surface area contributed by atoms with Crippen molar-refractivity contribution in [1.29, 1.82) is 0 Å². The lowest BCUT2D eigenvalue weighted by molar-refractivity contribution is -0.130. The van der Waals surface area contributed by atoms with Crippen molar-refractivity contribution in [3.63, 3.8) is 0 Å². The molecule has 0 aromatic carbocycles. The smallest absolute Gasteiger partial charge is 0.240 e. The summed E-state index contributed by atoms with van der Waals surface area (Å²) in [5.41, 5.74) is 1.65. The van der Waals surface area contributed by atoms with Crippen LogP contribution in [0.1, 0.15) is 27.2 Å². The number of hydrogen-bond acceptors (Lipinski definition) is 4. The molecule has 0 heterocycles. The van der Waals surface area contributed by atoms with Crippen LogP contribution in [0, 0.1) is 5.41 Å². The van der Waals surface area contributed by atoms with Crippen molar-refractivity contribution in [2.45, 2.75) is 33.3 Å². The highest BCUT2D eigenvalue weighted by atomic mass is 16.3. The average Bonchev–Trinajstić information content (AvgIpc) is 2.12. The SMILES string of the molecule is CC(O)CCN(C)CC(C)(C)C(=O)NN. The lowest BCUT2D eigenvalue weighted by Gasteiger charge is -2.28. The number of nitrogens with one attached hydrogen (secondary N) is 1. The molecule has 0 fully saturated rings. The van der Waals surface area contributed by atoms with Crippen molar-refractivity contribution in [1.82, 2.24) is 10.3 Å². The number of hydrogen-bond donors (Lipinski definition) is 3. The van der Waals surface area contributed by atoms with E-state index in [0.29, 0.717) is 13.0 Å². The molecule has 1 unspecified atom stereocenters. The molecule has 90 valence electrons. The van der Waals surface area contributed by atoms with E-state index in [1.807, 2.05) is 25.8 Å². The van der Waals surface area contributed by atoms with E-state index in [1.54, 1.807) is 6.92 Å². The molecule has 1 amide bonds. The number of aliphatic hydroxyl groups is 1. The number of amides is 1. The summed E-state index contributed by atoms with van der Waals surface area (Å²) in [6.45, 7) is 6.81. The van der Waals surface area contributed by atoms with Crippen molar-refractivity contribution in [3.05, 3.63) is 0 Å². The number of nitrogens with zero attached hydrogens (tertiary/aromatic N) is 1. The zero-order chi connectivity index (χ0) is 12.1. The van der Waals surface area contributed by atoms with Gasteiger partial charge in [0.05, 0.1) is 11.5 Å². The van der Waals surface area contributed by atoms with Gasteiger partial charge in [0, 0.05) is 13.1 Å². The first-order valence-corrected chi connectivity index (χ1v) is 5.17. The normalized spacial score (nSPS) is 14.1. The number of carbonyl (C=O) groups excluding carboxylic acids is 1. The van der Waals surface area contributed by atoms with E-state index < -0.39 is 5.41 Å². The first kappa shape index (κ1) is 14.3. The highest BCUT2D eigenvalue weighted by Gasteiger charge is 2.28. The highest BCUT2D eigenvalue weighted by Crippen LogP contribution is 2.16. The van der Waals surface area contributed by atoms with Crippen LogP contribution in [-0.4, -0.2) is 42.2 Å². The second kappa shape index (κ2) is 6.05. The third-order valence-electron chi connectivity index (χ3n) is 2.34. The molecular weight excluding hydrogens is 194 g/mol. The summed E-state index contributed by atoms with van der Waals surface area (Å²) in [5.74, 6) is 4.92. The number of aliphatic hydroxyl groups excluding tert-OH is 1. The summed E-state index contributed by atoms with van der Waals surface area (Å²) in [6, 6.07) is 0. The van der Waals surface area contributed by atoms with Crippen molar-refractivity contribution in [3.8, 4) is 0 Å². The Balaban J connectivity index is 4.04. The van der Waals surface area contributed by atoms with Crippen LogP contribution in [-0.2, 0) is 4.79 Å². The van der Waals surface area contributed by atoms with Gasteiger partial charge in [-0.25, -0.2) is 5.84 Å². The summed E-state index contributed by atoms with van der Waals surface area (Å²) >= 11 is 0. The van der Waals surface area contributed by atoms with Gasteiger partial charge in [-0.3, -0.25) is 10.2 Å². The second-order valence-electron chi connectivity index (χ2n) is 4.73. The van der Waals surface area contributed by atoms with Crippen molar-refractivity contribution in [2.24, 2.45) is 11.3 Å². The predicted molar refractivity (Wildman–Crippen MR) is 59.9 cm³/mol. The molecule has 0 saturated carbocycles. The molecule has 0 aromatic heterocycles. The first-order valence-electron chi connectivity index (χ1n) is 5.17. The minimum atomic E-state index is -0.512. The molecule has 5 heteroatoms. The standard InChI is InChI=1S/C10H23N3O2/c1-8(14)5-6-13(4)7-10(2,3)9(15)12-11/h8,14H,5-7,11H2,1-4H3,(H,12,15). The summed E-state index contributed by atoms with van der Waals surface area (Å²) in [6.07, 6.45) is 0.399. The molecule has 0 aliphatic carbocycles. The number of nitrogens with two attached hydrogens (primary N) is 1. The van der Waals surface area contributed by atoms with E-state index in [4.69, 9.17) is 10.9 Å². The summed E-state index contributed by atoms with van der Waals surface area (Å²) < 4.78 is 0. The van der Waals surface area contributed by atoms with Crippen molar-refractivity contribution in [2.75, 3.05) is 20.1 Å². The fraction of sp³-hybridized carbons (Fsp3) is 0.900. The molecule has 0 aliphatic rings. The summed E-state index contributed by atoms with van der Waals surface area (Å²) in [7, 11) is 1.92. The Morgan fingerprint density at radius 2 is 2.13 bits per heavy atom. The number of hydrazine groups is 1. The minimum absolute atomic E-state index is 0.175. The van der Waals surface area contributed by atoms with Gasteiger partial charge >= 0.3 is 0 Å². The van der Waals surface area contributed by atoms with E-state index in [2.05, 4.69) is 5.43 Å². The first-order chi connectivity index (χ1) is 6.79. The molecule has 5 nitrogen and oxygen atoms in total. The molecule has 0 radical (unpaired) electrons. The van der Waals surface area contributed by atoms with E-state index >= 15 is 0 Å². The Kier molecular flexibility index (Phi) is 5.79. The van der Waals surface area contributed by atoms with Gasteiger partial charge in [-0.15, -0.1) is 0 Å². The van der Waals surface area contributed by atoms with E-state index in [0.717, 1.165) is 6.54 Å². The second-order valence-corrected chi connectivity index (χ2v) is 4.73. The van der Waals surface area contributed by atoms with Gasteiger partial charge in [-0.2, -0.15) is 0 Å². The van der Waals surface area contributed by atoms with Gasteiger partial charge in [-0.1, -0.05) is 0 Å². The van der Waals surface area contributed by atoms with Gasteiger partial charge in [-0.05, 0) is 34.2 Å². The lowest BCUT2D eigenvalue weighted by atomic mass is 9.92. The van der Waals surface area contributed by atoms with Gasteiger partial charge in [0.25, 0.3) is 0 Å². The van der Waals surface area contributed by atoms with E-state index in [9.17, 15) is 4.79 Å². The molecule has 0 aromatic rings. The highest BCUT2D eigenvalue weighted by molar-refractivity contribution is 5.81. The molecule has 15 heavy (non-hydrogen) atoms. The van der Waals surface area contributed by atoms with Crippen LogP contribution < -0.4 is 11.3 Å². The van der Waals surface area contributed by atoms with E-state index in [1.165, 1.54) is 0 Å². The van der Waals surface area contributed by atoms with Crippen LogP contribution in [0.2, 0.25) is 0 Å². The Hall–Kier alpha value is -0.650. The third-order valence-corrected chi connectivity index (χ3v) is 2.34. The van der Waals surface area contributed by atoms with Crippen LogP contribution in [0.4, 0.5) is 0 Å². The van der Waals surface area contributed by atoms with Crippen LogP contribution >= 0.6 is 0 Å². The Bertz CT molecular complexity index is 205. The van der Waals surface area contributed by atoms with E-state index in [-0.39, 0.29) is 12.0 Å². The molecule has 0 saturated heterocycles. The molecule has 0 rings (SSSR count). The van der Waals surface area contributed by atoms with Crippen LogP contribution in [0.15, 0.2) is 0 Å². The largest absolute Gasteiger partial charge is 0.393 e. The fourth-order valence-electron chi connectivity index (χ4n) is 1.43. The van der Waals surface area contributed by atoms with Gasteiger partial charge in [0.15, 0.2) is 0 Å². The summed E-state index contributed by atoms with van der Waals surface area (Å²) in [5, 5.41) is 9.13. The van der Waals surface area contributed by atoms with Crippen LogP contribution in [0.3, 0.4) is 0 Å². The molecule has 0 aliphatic heterocycles. The Labute approximate surface area is 91.6 Å². The van der Waals surface area contributed by atoms with Gasteiger partial charge in [0.2, 0.25) is 5.91 Å². The van der Waals surface area contributed by atoms with Gasteiger partial charge < -0.3 is 10.0 Å². The topological polar surface area (TPSA) is 78.6 Å². The monoisotopic (exact) mass is 217 g/mol. The van der Waals surface area contributed by atoms with Crippen LogP contribution in [0.25, 0.3) is 0 Å². The average molecular weight is 217 g/mol. The molecule has 1 atom stereocenters. The third kappa shape index (κ3) is 5.71. The Morgan fingerprint density at radius 3 is 2.53 bits per heavy atom. The Morgan fingerprint density at radius 1 is 1.60 bits per heavy atom.